The average molecular weight is 336 g/mol. The van der Waals surface area contributed by atoms with Gasteiger partial charge >= 0.3 is 5.97 Å². The van der Waals surface area contributed by atoms with Crippen LogP contribution in [-0.4, -0.2) is 69.1 Å². The molecule has 0 bridgehead atoms. The fourth-order valence-electron chi connectivity index (χ4n) is 2.12. The number of methoxy groups -OCH3 is 1. The van der Waals surface area contributed by atoms with Crippen molar-refractivity contribution in [1.82, 2.24) is 9.80 Å². The van der Waals surface area contributed by atoms with Crippen LogP contribution >= 0.6 is 0 Å². The van der Waals surface area contributed by atoms with E-state index >= 15 is 0 Å². The van der Waals surface area contributed by atoms with Crippen molar-refractivity contribution >= 4 is 11.9 Å². The van der Waals surface area contributed by atoms with Crippen LogP contribution in [0, 0.1) is 13.8 Å². The van der Waals surface area contributed by atoms with Gasteiger partial charge in [0.25, 0.3) is 5.91 Å². The SMILES string of the molecule is COC(=O)CCN(CCN(C)C)C(=O)COc1cccc(C)c1C. The highest BCUT2D eigenvalue weighted by Crippen LogP contribution is 2.20. The fourth-order valence-corrected chi connectivity index (χ4v) is 2.12. The standard InChI is InChI=1S/C18H28N2O4/c1-14-7-6-8-16(15(14)2)24-13-17(21)20(12-11-19(3)4)10-9-18(22)23-5/h6-8H,9-13H2,1-5H3. The quantitative estimate of drug-likeness (QED) is 0.642. The molecule has 0 unspecified atom stereocenters. The molecule has 1 rings (SSSR count). The summed E-state index contributed by atoms with van der Waals surface area (Å²) in [5.74, 6) is 0.249. The van der Waals surface area contributed by atoms with Crippen LogP contribution in [0.4, 0.5) is 0 Å². The number of amides is 1. The van der Waals surface area contributed by atoms with Crippen LogP contribution in [0.5, 0.6) is 5.75 Å². The van der Waals surface area contributed by atoms with E-state index < -0.39 is 0 Å². The van der Waals surface area contributed by atoms with Gasteiger partial charge in [-0.05, 0) is 45.1 Å². The fraction of sp³-hybridized carbons (Fsp3) is 0.556. The normalized spacial score (nSPS) is 10.6. The molecule has 1 amide bonds. The highest BCUT2D eigenvalue weighted by Gasteiger charge is 2.16. The van der Waals surface area contributed by atoms with Crippen molar-refractivity contribution < 1.29 is 19.1 Å². The first-order valence-corrected chi connectivity index (χ1v) is 8.03. The molecule has 0 aromatic heterocycles. The third-order valence-electron chi connectivity index (χ3n) is 3.89. The monoisotopic (exact) mass is 336 g/mol. The van der Waals surface area contributed by atoms with Gasteiger partial charge in [0, 0.05) is 19.6 Å². The van der Waals surface area contributed by atoms with Gasteiger partial charge in [-0.2, -0.15) is 0 Å². The number of rotatable bonds is 9. The number of carbonyl (C=O) groups is 2. The smallest absolute Gasteiger partial charge is 0.307 e. The van der Waals surface area contributed by atoms with E-state index in [2.05, 4.69) is 4.74 Å². The van der Waals surface area contributed by atoms with Crippen molar-refractivity contribution in [2.75, 3.05) is 47.4 Å². The molecule has 0 aliphatic carbocycles. The lowest BCUT2D eigenvalue weighted by Gasteiger charge is -2.24. The second kappa shape index (κ2) is 9.93. The van der Waals surface area contributed by atoms with Crippen LogP contribution < -0.4 is 4.74 Å². The van der Waals surface area contributed by atoms with Crippen molar-refractivity contribution in [3.63, 3.8) is 0 Å². The number of hydrogen-bond acceptors (Lipinski definition) is 5. The summed E-state index contributed by atoms with van der Waals surface area (Å²) in [5.41, 5.74) is 2.15. The molecule has 134 valence electrons. The maximum atomic E-state index is 12.5. The van der Waals surface area contributed by atoms with Crippen molar-refractivity contribution in [1.29, 1.82) is 0 Å². The highest BCUT2D eigenvalue weighted by atomic mass is 16.5. The predicted molar refractivity (Wildman–Crippen MR) is 93.2 cm³/mol. The second-order valence-corrected chi connectivity index (χ2v) is 6.00. The Morgan fingerprint density at radius 3 is 2.42 bits per heavy atom. The number of benzene rings is 1. The molecular formula is C18H28N2O4. The second-order valence-electron chi connectivity index (χ2n) is 6.00. The zero-order valence-corrected chi connectivity index (χ0v) is 15.3. The number of ether oxygens (including phenoxy) is 2. The van der Waals surface area contributed by atoms with Gasteiger partial charge < -0.3 is 19.3 Å². The Bertz CT molecular complexity index is 558. The lowest BCUT2D eigenvalue weighted by molar-refractivity contribution is -0.142. The summed E-state index contributed by atoms with van der Waals surface area (Å²) in [4.78, 5) is 27.4. The van der Waals surface area contributed by atoms with Crippen LogP contribution in [0.15, 0.2) is 18.2 Å². The zero-order chi connectivity index (χ0) is 18.1. The molecule has 6 heteroatoms. The number of esters is 1. The molecule has 0 heterocycles. The molecule has 0 atom stereocenters. The summed E-state index contributed by atoms with van der Waals surface area (Å²) in [7, 11) is 5.23. The molecule has 0 saturated carbocycles. The Kier molecular flexibility index (Phi) is 8.26. The van der Waals surface area contributed by atoms with Crippen LogP contribution in [0.25, 0.3) is 0 Å². The Morgan fingerprint density at radius 1 is 1.08 bits per heavy atom. The Labute approximate surface area is 144 Å². The van der Waals surface area contributed by atoms with Crippen LogP contribution in [0.3, 0.4) is 0 Å². The summed E-state index contributed by atoms with van der Waals surface area (Å²) in [6, 6.07) is 5.77. The highest BCUT2D eigenvalue weighted by molar-refractivity contribution is 5.78. The van der Waals surface area contributed by atoms with Gasteiger partial charge in [0.1, 0.15) is 5.75 Å². The van der Waals surface area contributed by atoms with Crippen molar-refractivity contribution in [2.45, 2.75) is 20.3 Å². The predicted octanol–water partition coefficient (Wildman–Crippen LogP) is 1.64. The minimum absolute atomic E-state index is 0.0428. The first-order valence-electron chi connectivity index (χ1n) is 8.03. The maximum Gasteiger partial charge on any atom is 0.307 e. The van der Waals surface area contributed by atoms with Gasteiger partial charge in [-0.3, -0.25) is 9.59 Å². The number of nitrogens with zero attached hydrogens (tertiary/aromatic N) is 2. The lowest BCUT2D eigenvalue weighted by Crippen LogP contribution is -2.40. The summed E-state index contributed by atoms with van der Waals surface area (Å²) in [6.45, 7) is 5.52. The van der Waals surface area contributed by atoms with E-state index in [0.717, 1.165) is 17.7 Å². The van der Waals surface area contributed by atoms with E-state index in [1.165, 1.54) is 7.11 Å². The molecule has 0 spiro atoms. The van der Waals surface area contributed by atoms with E-state index in [0.29, 0.717) is 18.8 Å². The van der Waals surface area contributed by atoms with Crippen molar-refractivity contribution in [3.05, 3.63) is 29.3 Å². The van der Waals surface area contributed by atoms with Gasteiger partial charge in [0.15, 0.2) is 6.61 Å². The number of carbonyl (C=O) groups excluding carboxylic acids is 2. The minimum atomic E-state index is -0.326. The van der Waals surface area contributed by atoms with E-state index in [-0.39, 0.29) is 24.9 Å². The van der Waals surface area contributed by atoms with Crippen molar-refractivity contribution in [2.24, 2.45) is 0 Å². The van der Waals surface area contributed by atoms with Gasteiger partial charge in [-0.1, -0.05) is 12.1 Å². The summed E-state index contributed by atoms with van der Waals surface area (Å²) >= 11 is 0. The van der Waals surface area contributed by atoms with E-state index in [9.17, 15) is 9.59 Å². The van der Waals surface area contributed by atoms with E-state index in [1.54, 1.807) is 4.90 Å². The molecule has 6 nitrogen and oxygen atoms in total. The summed E-state index contributed by atoms with van der Waals surface area (Å²) in [5, 5.41) is 0. The molecule has 24 heavy (non-hydrogen) atoms. The van der Waals surface area contributed by atoms with E-state index in [4.69, 9.17) is 4.74 Å². The first kappa shape index (κ1) is 20.0. The summed E-state index contributed by atoms with van der Waals surface area (Å²) < 4.78 is 10.3. The van der Waals surface area contributed by atoms with Gasteiger partial charge in [0.2, 0.25) is 0 Å². The molecule has 0 aliphatic heterocycles. The van der Waals surface area contributed by atoms with Gasteiger partial charge in [0.05, 0.1) is 13.5 Å². The molecule has 0 fully saturated rings. The third-order valence-corrected chi connectivity index (χ3v) is 3.89. The van der Waals surface area contributed by atoms with Crippen LogP contribution in [0.1, 0.15) is 17.5 Å². The van der Waals surface area contributed by atoms with Crippen LogP contribution in [0.2, 0.25) is 0 Å². The van der Waals surface area contributed by atoms with Crippen molar-refractivity contribution in [3.8, 4) is 5.75 Å². The average Bonchev–Trinajstić information content (AvgIpc) is 2.55. The molecule has 1 aromatic carbocycles. The van der Waals surface area contributed by atoms with Gasteiger partial charge in [-0.15, -0.1) is 0 Å². The number of aryl methyl sites for hydroxylation is 1. The molecule has 1 aromatic rings. The number of likely N-dealkylation sites (N-methyl/N-ethyl adjacent to an activating group) is 1. The minimum Gasteiger partial charge on any atom is -0.483 e. The molecule has 0 saturated heterocycles. The Morgan fingerprint density at radius 2 is 1.79 bits per heavy atom. The first-order chi connectivity index (χ1) is 11.3. The topological polar surface area (TPSA) is 59.1 Å². The molecule has 0 aliphatic rings. The Balaban J connectivity index is 2.64. The zero-order valence-electron chi connectivity index (χ0n) is 15.3. The molecule has 0 N–H and O–H groups in total. The third kappa shape index (κ3) is 6.58. The largest absolute Gasteiger partial charge is 0.483 e. The molecular weight excluding hydrogens is 308 g/mol. The summed E-state index contributed by atoms with van der Waals surface area (Å²) in [6.07, 6.45) is 0.180. The lowest BCUT2D eigenvalue weighted by atomic mass is 10.1. The molecule has 0 radical (unpaired) electrons. The van der Waals surface area contributed by atoms with Crippen LogP contribution in [-0.2, 0) is 14.3 Å². The Hall–Kier alpha value is -2.08. The van der Waals surface area contributed by atoms with E-state index in [1.807, 2.05) is 51.0 Å². The number of hydrogen-bond donors (Lipinski definition) is 0. The maximum absolute atomic E-state index is 12.5. The van der Waals surface area contributed by atoms with Gasteiger partial charge in [-0.25, -0.2) is 0 Å².